The van der Waals surface area contributed by atoms with E-state index in [0.717, 1.165) is 38.9 Å². The minimum Gasteiger partial charge on any atom is -0.444 e. The van der Waals surface area contributed by atoms with Crippen molar-refractivity contribution in [1.82, 2.24) is 9.80 Å². The molecule has 0 aromatic heterocycles. The fraction of sp³-hybridized carbons (Fsp3) is 0.963. The lowest BCUT2D eigenvalue weighted by atomic mass is 9.57. The topological polar surface area (TPSA) is 78.9 Å². The van der Waals surface area contributed by atoms with Crippen LogP contribution in [0.4, 0.5) is 4.79 Å². The Hall–Kier alpha value is -0.970. The summed E-state index contributed by atoms with van der Waals surface area (Å²) in [5.74, 6) is -0.304. The molecule has 9 heteroatoms. The van der Waals surface area contributed by atoms with Gasteiger partial charge in [-0.05, 0) is 65.7 Å². The maximum atomic E-state index is 12.4. The highest BCUT2D eigenvalue weighted by molar-refractivity contribution is 5.68. The summed E-state index contributed by atoms with van der Waals surface area (Å²) in [4.78, 5) is 28.7. The van der Waals surface area contributed by atoms with Crippen molar-refractivity contribution in [1.29, 1.82) is 0 Å². The summed E-state index contributed by atoms with van der Waals surface area (Å²) in [5, 5.41) is 0. The number of carbonyl (C=O) groups excluding carboxylic acids is 1. The average molecular weight is 511 g/mol. The number of fused-ring (bicyclic) bond motifs is 2. The highest BCUT2D eigenvalue weighted by Gasteiger charge is 2.71. The zero-order chi connectivity index (χ0) is 25.9. The van der Waals surface area contributed by atoms with Crippen LogP contribution in [0.3, 0.4) is 0 Å². The third-order valence-corrected chi connectivity index (χ3v) is 9.37. The molecule has 1 amide bonds. The number of amides is 1. The summed E-state index contributed by atoms with van der Waals surface area (Å²) in [6, 6.07) is 0. The molecule has 1 unspecified atom stereocenters. The molecule has 0 aromatic rings. The number of piperazine rings is 1. The lowest BCUT2D eigenvalue weighted by molar-refractivity contribution is -0.585. The van der Waals surface area contributed by atoms with Crippen LogP contribution in [0, 0.1) is 23.7 Å². The quantitative estimate of drug-likeness (QED) is 0.522. The minimum absolute atomic E-state index is 0.127. The predicted molar refractivity (Wildman–Crippen MR) is 132 cm³/mol. The van der Waals surface area contributed by atoms with E-state index in [2.05, 4.69) is 25.7 Å². The van der Waals surface area contributed by atoms with Crippen LogP contribution in [0.2, 0.25) is 0 Å². The van der Waals surface area contributed by atoms with E-state index < -0.39 is 29.1 Å². The Morgan fingerprint density at radius 1 is 0.972 bits per heavy atom. The number of hydrogen-bond donors (Lipinski definition) is 0. The van der Waals surface area contributed by atoms with Gasteiger partial charge in [-0.3, -0.25) is 4.90 Å². The van der Waals surface area contributed by atoms with E-state index in [4.69, 9.17) is 28.7 Å². The standard InChI is InChI=1S/C27H46N2O7/c1-18-8-9-21-19(2)26(7,33-22-27(21)20(18)10-11-25(6,32-22)35-36-27)31-17-16-28-12-14-29(15-13-28)23(30)34-24(3,4)5/h18-22H,8-17H2,1-7H3/t18-,19-,20?,21+,22+,25+,26+,27-/m1/s1. The molecule has 1 aliphatic carbocycles. The maximum Gasteiger partial charge on any atom is 0.410 e. The van der Waals surface area contributed by atoms with Gasteiger partial charge in [-0.15, -0.1) is 0 Å². The van der Waals surface area contributed by atoms with E-state index in [-0.39, 0.29) is 17.9 Å². The van der Waals surface area contributed by atoms with Crippen LogP contribution < -0.4 is 0 Å². The number of nitrogens with zero attached hydrogens (tertiary/aromatic N) is 2. The number of ether oxygens (including phenoxy) is 4. The maximum absolute atomic E-state index is 12.4. The summed E-state index contributed by atoms with van der Waals surface area (Å²) < 4.78 is 25.2. The second-order valence-electron chi connectivity index (χ2n) is 13.0. The number of carbonyl (C=O) groups is 1. The molecule has 5 heterocycles. The van der Waals surface area contributed by atoms with E-state index in [9.17, 15) is 4.79 Å². The Morgan fingerprint density at radius 2 is 1.69 bits per heavy atom. The first-order valence-corrected chi connectivity index (χ1v) is 13.9. The van der Waals surface area contributed by atoms with Gasteiger partial charge in [0, 0.05) is 51.0 Å². The van der Waals surface area contributed by atoms with Crippen LogP contribution >= 0.6 is 0 Å². The third kappa shape index (κ3) is 4.69. The fourth-order valence-corrected chi connectivity index (χ4v) is 7.09. The van der Waals surface area contributed by atoms with Crippen LogP contribution in [-0.2, 0) is 28.7 Å². The van der Waals surface area contributed by atoms with Crippen LogP contribution in [0.25, 0.3) is 0 Å². The van der Waals surface area contributed by atoms with Gasteiger partial charge in [0.2, 0.25) is 5.79 Å². The molecule has 6 fully saturated rings. The zero-order valence-electron chi connectivity index (χ0n) is 23.2. The van der Waals surface area contributed by atoms with Gasteiger partial charge in [0.1, 0.15) is 5.60 Å². The lowest BCUT2D eigenvalue weighted by Gasteiger charge is -2.62. The molecule has 206 valence electrons. The van der Waals surface area contributed by atoms with Crippen LogP contribution in [0.5, 0.6) is 0 Å². The van der Waals surface area contributed by atoms with Gasteiger partial charge >= 0.3 is 6.09 Å². The second-order valence-corrected chi connectivity index (χ2v) is 13.0. The smallest absolute Gasteiger partial charge is 0.410 e. The molecule has 0 N–H and O–H groups in total. The molecule has 9 nitrogen and oxygen atoms in total. The van der Waals surface area contributed by atoms with Crippen LogP contribution in [-0.4, -0.2) is 84.3 Å². The van der Waals surface area contributed by atoms with Gasteiger partial charge in [0.15, 0.2) is 17.7 Å². The second kappa shape index (κ2) is 9.35. The molecule has 8 atom stereocenters. The van der Waals surface area contributed by atoms with Crippen molar-refractivity contribution in [3.63, 3.8) is 0 Å². The molecule has 1 saturated carbocycles. The first kappa shape index (κ1) is 26.6. The Kier molecular flexibility index (Phi) is 6.91. The molecule has 0 radical (unpaired) electrons. The molecule has 36 heavy (non-hydrogen) atoms. The minimum atomic E-state index is -0.785. The molecule has 5 aliphatic heterocycles. The zero-order valence-corrected chi connectivity index (χ0v) is 23.2. The normalized spacial score (nSPS) is 45.2. The van der Waals surface area contributed by atoms with Crippen molar-refractivity contribution in [2.24, 2.45) is 23.7 Å². The predicted octanol–water partition coefficient (Wildman–Crippen LogP) is 4.15. The highest BCUT2D eigenvalue weighted by atomic mass is 17.3. The molecule has 1 spiro atoms. The summed E-state index contributed by atoms with van der Waals surface area (Å²) >= 11 is 0. The van der Waals surface area contributed by atoms with Crippen LogP contribution in [0.1, 0.15) is 74.1 Å². The summed E-state index contributed by atoms with van der Waals surface area (Å²) in [6.45, 7) is 18.5. The Balaban J connectivity index is 1.20. The fourth-order valence-electron chi connectivity index (χ4n) is 7.09. The van der Waals surface area contributed by atoms with Gasteiger partial charge in [0.25, 0.3) is 0 Å². The number of rotatable bonds is 4. The summed E-state index contributed by atoms with van der Waals surface area (Å²) in [6.07, 6.45) is 3.31. The summed E-state index contributed by atoms with van der Waals surface area (Å²) in [5.41, 5.74) is -1.05. The molecule has 6 rings (SSSR count). The van der Waals surface area contributed by atoms with Crippen molar-refractivity contribution in [2.45, 2.75) is 103 Å². The SMILES string of the molecule is C[C@@H]1CC[C@H]2[C@@H](C)[C@@](C)(OCCN3CCN(C(=O)OC(C)(C)C)CC3)O[C@@H]3O[C@]4(C)CCC1[C@]32OO4. The average Bonchev–Trinajstić information content (AvgIpc) is 3.03. The van der Waals surface area contributed by atoms with E-state index in [1.165, 1.54) is 6.42 Å². The lowest BCUT2D eigenvalue weighted by Crippen LogP contribution is -2.73. The van der Waals surface area contributed by atoms with Crippen molar-refractivity contribution in [3.05, 3.63) is 0 Å². The molecule has 0 aromatic carbocycles. The highest BCUT2D eigenvalue weighted by Crippen LogP contribution is 2.62. The van der Waals surface area contributed by atoms with E-state index in [0.29, 0.717) is 31.5 Å². The Labute approximate surface area is 215 Å². The van der Waals surface area contributed by atoms with Gasteiger partial charge in [-0.1, -0.05) is 13.8 Å². The first-order chi connectivity index (χ1) is 16.9. The van der Waals surface area contributed by atoms with Gasteiger partial charge in [0.05, 0.1) is 6.61 Å². The number of hydrogen-bond acceptors (Lipinski definition) is 8. The van der Waals surface area contributed by atoms with Crippen molar-refractivity contribution in [2.75, 3.05) is 39.3 Å². The van der Waals surface area contributed by atoms with Crippen molar-refractivity contribution >= 4 is 6.09 Å². The largest absolute Gasteiger partial charge is 0.444 e. The molecular formula is C27H46N2O7. The molecule has 2 bridgehead atoms. The third-order valence-electron chi connectivity index (χ3n) is 9.37. The molecular weight excluding hydrogens is 464 g/mol. The van der Waals surface area contributed by atoms with Gasteiger partial charge in [-0.2, -0.15) is 0 Å². The first-order valence-electron chi connectivity index (χ1n) is 13.9. The van der Waals surface area contributed by atoms with Crippen LogP contribution in [0.15, 0.2) is 0 Å². The van der Waals surface area contributed by atoms with E-state index in [1.807, 2.05) is 27.7 Å². The van der Waals surface area contributed by atoms with E-state index in [1.54, 1.807) is 4.90 Å². The Morgan fingerprint density at radius 3 is 2.39 bits per heavy atom. The van der Waals surface area contributed by atoms with Gasteiger partial charge < -0.3 is 23.8 Å². The van der Waals surface area contributed by atoms with Gasteiger partial charge in [-0.25, -0.2) is 14.6 Å². The molecule has 6 aliphatic rings. The Bertz CT molecular complexity index is 827. The van der Waals surface area contributed by atoms with Crippen molar-refractivity contribution < 1.29 is 33.5 Å². The monoisotopic (exact) mass is 510 g/mol. The van der Waals surface area contributed by atoms with E-state index >= 15 is 0 Å². The molecule has 5 saturated heterocycles. The summed E-state index contributed by atoms with van der Waals surface area (Å²) in [7, 11) is 0. The van der Waals surface area contributed by atoms with Crippen molar-refractivity contribution in [3.8, 4) is 0 Å².